The summed E-state index contributed by atoms with van der Waals surface area (Å²) in [6.45, 7) is 16.8. The Balaban J connectivity index is 1.95. The standard InChI is InChI=1S/C15H33N3/c1-4-5-6-7-16-8-9-17-10-12-18(13-11-17)14-15(2)3/h15-16H,4-14H2,1-3H3. The van der Waals surface area contributed by atoms with Crippen molar-refractivity contribution < 1.29 is 0 Å². The van der Waals surface area contributed by atoms with E-state index in [9.17, 15) is 0 Å². The van der Waals surface area contributed by atoms with Gasteiger partial charge in [0.15, 0.2) is 0 Å². The van der Waals surface area contributed by atoms with E-state index in [4.69, 9.17) is 0 Å². The van der Waals surface area contributed by atoms with Crippen LogP contribution < -0.4 is 5.32 Å². The third-order valence-electron chi connectivity index (χ3n) is 3.65. The second-order valence-electron chi connectivity index (χ2n) is 5.99. The molecule has 0 bridgehead atoms. The van der Waals surface area contributed by atoms with Gasteiger partial charge >= 0.3 is 0 Å². The summed E-state index contributed by atoms with van der Waals surface area (Å²) in [6, 6.07) is 0. The molecule has 0 saturated carbocycles. The molecule has 0 amide bonds. The average Bonchev–Trinajstić information content (AvgIpc) is 2.35. The Hall–Kier alpha value is -0.120. The summed E-state index contributed by atoms with van der Waals surface area (Å²) in [5.41, 5.74) is 0. The van der Waals surface area contributed by atoms with Crippen LogP contribution in [0.25, 0.3) is 0 Å². The summed E-state index contributed by atoms with van der Waals surface area (Å²) in [5, 5.41) is 3.56. The topological polar surface area (TPSA) is 18.5 Å². The zero-order valence-electron chi connectivity index (χ0n) is 12.7. The highest BCUT2D eigenvalue weighted by molar-refractivity contribution is 4.73. The van der Waals surface area contributed by atoms with Crippen molar-refractivity contribution in [2.45, 2.75) is 40.0 Å². The van der Waals surface area contributed by atoms with Gasteiger partial charge in [-0.05, 0) is 18.9 Å². The van der Waals surface area contributed by atoms with Crippen LogP contribution in [0.1, 0.15) is 40.0 Å². The number of rotatable bonds is 9. The minimum absolute atomic E-state index is 0.803. The maximum Gasteiger partial charge on any atom is 0.0110 e. The molecule has 0 unspecified atom stereocenters. The van der Waals surface area contributed by atoms with Gasteiger partial charge < -0.3 is 10.2 Å². The number of hydrogen-bond acceptors (Lipinski definition) is 3. The Kier molecular flexibility index (Phi) is 8.64. The van der Waals surface area contributed by atoms with Crippen LogP contribution in [0.5, 0.6) is 0 Å². The van der Waals surface area contributed by atoms with E-state index < -0.39 is 0 Å². The Morgan fingerprint density at radius 2 is 1.61 bits per heavy atom. The van der Waals surface area contributed by atoms with Crippen molar-refractivity contribution in [1.82, 2.24) is 15.1 Å². The Morgan fingerprint density at radius 1 is 0.944 bits per heavy atom. The van der Waals surface area contributed by atoms with Crippen LogP contribution in [-0.4, -0.2) is 62.2 Å². The first kappa shape index (κ1) is 15.9. The quantitative estimate of drug-likeness (QED) is 0.636. The van der Waals surface area contributed by atoms with Crippen LogP contribution in [0.4, 0.5) is 0 Å². The second kappa shape index (κ2) is 9.76. The molecule has 0 atom stereocenters. The molecule has 1 aliphatic heterocycles. The highest BCUT2D eigenvalue weighted by atomic mass is 15.3. The molecule has 1 heterocycles. The monoisotopic (exact) mass is 255 g/mol. The first-order valence-corrected chi connectivity index (χ1v) is 7.87. The van der Waals surface area contributed by atoms with Gasteiger partial charge in [-0.3, -0.25) is 4.90 Å². The van der Waals surface area contributed by atoms with Gasteiger partial charge in [-0.2, -0.15) is 0 Å². The van der Waals surface area contributed by atoms with E-state index in [1.165, 1.54) is 65.1 Å². The molecule has 0 aromatic carbocycles. The van der Waals surface area contributed by atoms with Gasteiger partial charge in [0.2, 0.25) is 0 Å². The number of unbranched alkanes of at least 4 members (excludes halogenated alkanes) is 2. The van der Waals surface area contributed by atoms with E-state index in [2.05, 4.69) is 35.9 Å². The smallest absolute Gasteiger partial charge is 0.0110 e. The summed E-state index contributed by atoms with van der Waals surface area (Å²) in [5.74, 6) is 0.803. The summed E-state index contributed by atoms with van der Waals surface area (Å²) < 4.78 is 0. The van der Waals surface area contributed by atoms with Crippen LogP contribution in [0, 0.1) is 5.92 Å². The molecule has 1 fully saturated rings. The fourth-order valence-electron chi connectivity index (χ4n) is 2.57. The maximum absolute atomic E-state index is 3.56. The largest absolute Gasteiger partial charge is 0.315 e. The van der Waals surface area contributed by atoms with Gasteiger partial charge in [-0.15, -0.1) is 0 Å². The van der Waals surface area contributed by atoms with Crippen LogP contribution in [0.2, 0.25) is 0 Å². The summed E-state index contributed by atoms with van der Waals surface area (Å²) in [6.07, 6.45) is 4.01. The molecule has 18 heavy (non-hydrogen) atoms. The Morgan fingerprint density at radius 3 is 2.22 bits per heavy atom. The number of nitrogens with zero attached hydrogens (tertiary/aromatic N) is 2. The van der Waals surface area contributed by atoms with Gasteiger partial charge in [-0.25, -0.2) is 0 Å². The van der Waals surface area contributed by atoms with E-state index in [1.807, 2.05) is 0 Å². The molecule has 1 rings (SSSR count). The third-order valence-corrected chi connectivity index (χ3v) is 3.65. The van der Waals surface area contributed by atoms with Crippen LogP contribution >= 0.6 is 0 Å². The Bertz CT molecular complexity index is 186. The summed E-state index contributed by atoms with van der Waals surface area (Å²) >= 11 is 0. The molecular formula is C15H33N3. The number of hydrogen-bond donors (Lipinski definition) is 1. The van der Waals surface area contributed by atoms with Gasteiger partial charge in [0.25, 0.3) is 0 Å². The third kappa shape index (κ3) is 7.34. The highest BCUT2D eigenvalue weighted by Crippen LogP contribution is 2.04. The molecule has 0 spiro atoms. The fraction of sp³-hybridized carbons (Fsp3) is 1.00. The minimum Gasteiger partial charge on any atom is -0.315 e. The predicted molar refractivity (Wildman–Crippen MR) is 80.1 cm³/mol. The molecule has 1 aliphatic rings. The molecule has 3 heteroatoms. The fourth-order valence-corrected chi connectivity index (χ4v) is 2.57. The van der Waals surface area contributed by atoms with E-state index in [1.54, 1.807) is 0 Å². The van der Waals surface area contributed by atoms with Crippen molar-refractivity contribution in [2.75, 3.05) is 52.4 Å². The number of nitrogens with one attached hydrogen (secondary N) is 1. The molecule has 3 nitrogen and oxygen atoms in total. The predicted octanol–water partition coefficient (Wildman–Crippen LogP) is 2.04. The van der Waals surface area contributed by atoms with Crippen molar-refractivity contribution in [3.05, 3.63) is 0 Å². The van der Waals surface area contributed by atoms with Gasteiger partial charge in [0.1, 0.15) is 0 Å². The molecular weight excluding hydrogens is 222 g/mol. The first-order chi connectivity index (χ1) is 8.72. The second-order valence-corrected chi connectivity index (χ2v) is 5.99. The van der Waals surface area contributed by atoms with Crippen molar-refractivity contribution in [1.29, 1.82) is 0 Å². The molecule has 0 aliphatic carbocycles. The van der Waals surface area contributed by atoms with E-state index in [-0.39, 0.29) is 0 Å². The normalized spacial score (nSPS) is 18.7. The molecule has 1 saturated heterocycles. The van der Waals surface area contributed by atoms with Gasteiger partial charge in [0.05, 0.1) is 0 Å². The molecule has 0 radical (unpaired) electrons. The lowest BCUT2D eigenvalue weighted by atomic mass is 10.2. The van der Waals surface area contributed by atoms with Crippen LogP contribution in [0.15, 0.2) is 0 Å². The maximum atomic E-state index is 3.56. The lowest BCUT2D eigenvalue weighted by molar-refractivity contribution is 0.123. The molecule has 0 aromatic heterocycles. The van der Waals surface area contributed by atoms with Crippen molar-refractivity contribution in [2.24, 2.45) is 5.92 Å². The lowest BCUT2D eigenvalue weighted by Crippen LogP contribution is -2.48. The van der Waals surface area contributed by atoms with Gasteiger partial charge in [-0.1, -0.05) is 33.6 Å². The van der Waals surface area contributed by atoms with E-state index >= 15 is 0 Å². The van der Waals surface area contributed by atoms with Crippen molar-refractivity contribution in [3.8, 4) is 0 Å². The zero-order valence-corrected chi connectivity index (χ0v) is 12.7. The van der Waals surface area contributed by atoms with Crippen LogP contribution in [-0.2, 0) is 0 Å². The number of piperazine rings is 1. The lowest BCUT2D eigenvalue weighted by Gasteiger charge is -2.35. The highest BCUT2D eigenvalue weighted by Gasteiger charge is 2.16. The zero-order chi connectivity index (χ0) is 13.2. The SMILES string of the molecule is CCCCCNCCN1CCN(CC(C)C)CC1. The molecule has 0 aromatic rings. The average molecular weight is 255 g/mol. The van der Waals surface area contributed by atoms with Gasteiger partial charge in [0, 0.05) is 45.8 Å². The molecule has 1 N–H and O–H groups in total. The summed E-state index contributed by atoms with van der Waals surface area (Å²) in [4.78, 5) is 5.21. The van der Waals surface area contributed by atoms with E-state index in [0.29, 0.717) is 0 Å². The van der Waals surface area contributed by atoms with E-state index in [0.717, 1.165) is 12.5 Å². The molecule has 108 valence electrons. The van der Waals surface area contributed by atoms with Crippen LogP contribution in [0.3, 0.4) is 0 Å². The van der Waals surface area contributed by atoms with Crippen molar-refractivity contribution in [3.63, 3.8) is 0 Å². The van der Waals surface area contributed by atoms with Crippen molar-refractivity contribution >= 4 is 0 Å². The first-order valence-electron chi connectivity index (χ1n) is 7.87. The Labute approximate surface area is 114 Å². The summed E-state index contributed by atoms with van der Waals surface area (Å²) in [7, 11) is 0. The minimum atomic E-state index is 0.803.